The van der Waals surface area contributed by atoms with Crippen molar-refractivity contribution in [3.63, 3.8) is 0 Å². The Balaban J connectivity index is 0.990. The van der Waals surface area contributed by atoms with Crippen molar-refractivity contribution >= 4 is 64.6 Å². The number of aromatic nitrogens is 2. The third-order valence-electron chi connectivity index (χ3n) is 13.4. The van der Waals surface area contributed by atoms with Gasteiger partial charge in [-0.15, -0.1) is 0 Å². The number of hydrogen-bond acceptors (Lipinski definition) is 2. The number of fused-ring (bicyclic) bond motifs is 6. The molecule has 0 bridgehead atoms. The van der Waals surface area contributed by atoms with E-state index in [1.54, 1.807) is 0 Å². The Hall–Kier alpha value is -8.72. The lowest BCUT2D eigenvalue weighted by molar-refractivity contribution is 1.19. The molecule has 13 rings (SSSR count). The molecule has 306 valence electrons. The summed E-state index contributed by atoms with van der Waals surface area (Å²) in [5, 5.41) is 14.5. The van der Waals surface area contributed by atoms with E-state index < -0.39 is 0 Å². The fourth-order valence-electron chi connectivity index (χ4n) is 10.2. The Morgan fingerprint density at radius 1 is 0.212 bits per heavy atom. The average molecular weight is 837 g/mol. The maximum atomic E-state index is 5.31. The molecule has 1 aromatic heterocycles. The van der Waals surface area contributed by atoms with Crippen LogP contribution in [-0.2, 0) is 0 Å². The van der Waals surface area contributed by atoms with Crippen molar-refractivity contribution in [2.24, 2.45) is 0 Å². The minimum absolute atomic E-state index is 0.710. The molecule has 0 radical (unpaired) electrons. The molecule has 0 N–H and O–H groups in total. The summed E-state index contributed by atoms with van der Waals surface area (Å²) in [6.45, 7) is 0. The van der Waals surface area contributed by atoms with Gasteiger partial charge in [0.25, 0.3) is 0 Å². The Kier molecular flexibility index (Phi) is 8.89. The average Bonchev–Trinajstić information content (AvgIpc) is 3.39. The van der Waals surface area contributed by atoms with Crippen LogP contribution in [0.4, 0.5) is 0 Å². The van der Waals surface area contributed by atoms with E-state index in [0.717, 1.165) is 50.0 Å². The standard InChI is InChI=1S/C64H40N2/c1-3-17-47-37-50(33-29-41(47)13-1)62-55-23-9-10-24-56(55)63(51-34-30-42-14-2-4-18-48(42)38-51)59-39-49(35-36-57(59)62)43-27-31-46(32-28-43)60-40-61(54-25-11-19-44-15-5-7-21-52(44)54)66-64(65-60)58-26-12-20-45-16-6-8-22-53(45)58/h1-40H. The van der Waals surface area contributed by atoms with Crippen molar-refractivity contribution in [3.8, 4) is 67.3 Å². The highest BCUT2D eigenvalue weighted by atomic mass is 14.9. The summed E-state index contributed by atoms with van der Waals surface area (Å²) >= 11 is 0. The summed E-state index contributed by atoms with van der Waals surface area (Å²) in [6, 6.07) is 88.0. The molecule has 2 nitrogen and oxygen atoms in total. The molecule has 12 aromatic carbocycles. The van der Waals surface area contributed by atoms with Crippen LogP contribution in [0.3, 0.4) is 0 Å². The molecule has 0 spiro atoms. The monoisotopic (exact) mass is 836 g/mol. The predicted molar refractivity (Wildman–Crippen MR) is 280 cm³/mol. The highest BCUT2D eigenvalue weighted by Gasteiger charge is 2.19. The van der Waals surface area contributed by atoms with E-state index in [0.29, 0.717) is 5.82 Å². The summed E-state index contributed by atoms with van der Waals surface area (Å²) in [5.74, 6) is 0.710. The predicted octanol–water partition coefficient (Wildman–Crippen LogP) is 17.4. The molecule has 1 heterocycles. The second kappa shape index (κ2) is 15.5. The Bertz CT molecular complexity index is 3940. The highest BCUT2D eigenvalue weighted by Crippen LogP contribution is 2.46. The lowest BCUT2D eigenvalue weighted by Crippen LogP contribution is -1.97. The first-order valence-corrected chi connectivity index (χ1v) is 22.6. The zero-order valence-corrected chi connectivity index (χ0v) is 36.0. The molecule has 0 aliphatic heterocycles. The maximum Gasteiger partial charge on any atom is 0.161 e. The van der Waals surface area contributed by atoms with Crippen LogP contribution in [0.2, 0.25) is 0 Å². The molecular weight excluding hydrogens is 797 g/mol. The number of hydrogen-bond donors (Lipinski definition) is 0. The van der Waals surface area contributed by atoms with E-state index >= 15 is 0 Å². The quantitative estimate of drug-likeness (QED) is 0.156. The molecule has 0 saturated carbocycles. The Labute approximate surface area is 382 Å². The van der Waals surface area contributed by atoms with Gasteiger partial charge in [-0.3, -0.25) is 0 Å². The zero-order valence-electron chi connectivity index (χ0n) is 36.0. The first-order valence-electron chi connectivity index (χ1n) is 22.6. The van der Waals surface area contributed by atoms with Crippen molar-refractivity contribution in [2.75, 3.05) is 0 Å². The minimum atomic E-state index is 0.710. The van der Waals surface area contributed by atoms with Gasteiger partial charge in [-0.1, -0.05) is 218 Å². The van der Waals surface area contributed by atoms with Crippen LogP contribution in [0.15, 0.2) is 243 Å². The molecule has 0 aliphatic rings. The maximum absolute atomic E-state index is 5.31. The van der Waals surface area contributed by atoms with Crippen molar-refractivity contribution < 1.29 is 0 Å². The van der Waals surface area contributed by atoms with Crippen LogP contribution >= 0.6 is 0 Å². The third-order valence-corrected chi connectivity index (χ3v) is 13.4. The Morgan fingerprint density at radius 2 is 0.636 bits per heavy atom. The van der Waals surface area contributed by atoms with Gasteiger partial charge in [0.15, 0.2) is 5.82 Å². The topological polar surface area (TPSA) is 25.8 Å². The van der Waals surface area contributed by atoms with E-state index in [4.69, 9.17) is 9.97 Å². The number of rotatable bonds is 6. The van der Waals surface area contributed by atoms with E-state index in [9.17, 15) is 0 Å². The summed E-state index contributed by atoms with van der Waals surface area (Å²) in [4.78, 5) is 10.6. The molecular formula is C64H40N2. The smallest absolute Gasteiger partial charge is 0.161 e. The van der Waals surface area contributed by atoms with Gasteiger partial charge in [0.2, 0.25) is 0 Å². The van der Waals surface area contributed by atoms with Gasteiger partial charge < -0.3 is 0 Å². The highest BCUT2D eigenvalue weighted by molar-refractivity contribution is 6.22. The SMILES string of the molecule is c1ccc2cc(-c3c4ccccc4c(-c4ccc5ccccc5c4)c4cc(-c5ccc(-c6cc(-c7cccc8ccccc78)nc(-c7cccc8ccccc78)n6)cc5)ccc34)ccc2c1. The van der Waals surface area contributed by atoms with Crippen molar-refractivity contribution in [2.45, 2.75) is 0 Å². The minimum Gasteiger partial charge on any atom is -0.228 e. The molecule has 0 saturated heterocycles. The first-order chi connectivity index (χ1) is 32.7. The fourth-order valence-corrected chi connectivity index (χ4v) is 10.2. The fraction of sp³-hybridized carbons (Fsp3) is 0. The molecule has 0 atom stereocenters. The zero-order chi connectivity index (χ0) is 43.6. The van der Waals surface area contributed by atoms with Crippen LogP contribution in [0, 0.1) is 0 Å². The van der Waals surface area contributed by atoms with Gasteiger partial charge in [-0.25, -0.2) is 9.97 Å². The first kappa shape index (κ1) is 37.8. The number of benzene rings is 12. The van der Waals surface area contributed by atoms with Gasteiger partial charge in [-0.05, 0) is 122 Å². The third kappa shape index (κ3) is 6.42. The van der Waals surface area contributed by atoms with Crippen LogP contribution in [-0.4, -0.2) is 9.97 Å². The summed E-state index contributed by atoms with van der Waals surface area (Å²) in [5.41, 5.74) is 12.1. The van der Waals surface area contributed by atoms with E-state index in [2.05, 4.69) is 243 Å². The van der Waals surface area contributed by atoms with E-state index in [1.807, 2.05) is 0 Å². The van der Waals surface area contributed by atoms with Crippen LogP contribution < -0.4 is 0 Å². The van der Waals surface area contributed by atoms with Gasteiger partial charge in [-0.2, -0.15) is 0 Å². The van der Waals surface area contributed by atoms with E-state index in [-0.39, 0.29) is 0 Å². The van der Waals surface area contributed by atoms with Gasteiger partial charge in [0.05, 0.1) is 11.4 Å². The lowest BCUT2D eigenvalue weighted by Gasteiger charge is -2.19. The summed E-state index contributed by atoms with van der Waals surface area (Å²) in [6.07, 6.45) is 0. The normalized spacial score (nSPS) is 11.6. The van der Waals surface area contributed by atoms with Gasteiger partial charge in [0, 0.05) is 16.7 Å². The Morgan fingerprint density at radius 3 is 1.26 bits per heavy atom. The van der Waals surface area contributed by atoms with Gasteiger partial charge in [0.1, 0.15) is 0 Å². The van der Waals surface area contributed by atoms with E-state index in [1.165, 1.54) is 76.1 Å². The summed E-state index contributed by atoms with van der Waals surface area (Å²) in [7, 11) is 0. The summed E-state index contributed by atoms with van der Waals surface area (Å²) < 4.78 is 0. The van der Waals surface area contributed by atoms with Crippen molar-refractivity contribution in [1.82, 2.24) is 9.97 Å². The second-order valence-corrected chi connectivity index (χ2v) is 17.3. The second-order valence-electron chi connectivity index (χ2n) is 17.3. The van der Waals surface area contributed by atoms with Gasteiger partial charge >= 0.3 is 0 Å². The number of nitrogens with zero attached hydrogens (tertiary/aromatic N) is 2. The molecule has 0 fully saturated rings. The lowest BCUT2D eigenvalue weighted by atomic mass is 9.84. The molecule has 13 aromatic rings. The van der Waals surface area contributed by atoms with Crippen molar-refractivity contribution in [1.29, 1.82) is 0 Å². The van der Waals surface area contributed by atoms with Crippen LogP contribution in [0.1, 0.15) is 0 Å². The molecule has 66 heavy (non-hydrogen) atoms. The largest absolute Gasteiger partial charge is 0.228 e. The van der Waals surface area contributed by atoms with Crippen molar-refractivity contribution in [3.05, 3.63) is 243 Å². The molecule has 0 amide bonds. The van der Waals surface area contributed by atoms with Crippen LogP contribution in [0.25, 0.3) is 132 Å². The molecule has 2 heteroatoms. The van der Waals surface area contributed by atoms with Crippen LogP contribution in [0.5, 0.6) is 0 Å². The molecule has 0 unspecified atom stereocenters. The molecule has 0 aliphatic carbocycles.